The summed E-state index contributed by atoms with van der Waals surface area (Å²) in [6.07, 6.45) is 0. The van der Waals surface area contributed by atoms with Crippen LogP contribution in [0.2, 0.25) is 0 Å². The maximum atomic E-state index is 6.29. The van der Waals surface area contributed by atoms with Crippen molar-refractivity contribution in [2.45, 2.75) is 0 Å². The van der Waals surface area contributed by atoms with Crippen LogP contribution in [0, 0.1) is 0 Å². The number of hydrogen-bond donors (Lipinski definition) is 0. The van der Waals surface area contributed by atoms with Crippen molar-refractivity contribution in [3.8, 4) is 33.4 Å². The second-order valence-corrected chi connectivity index (χ2v) is 13.4. The molecule has 0 spiro atoms. The van der Waals surface area contributed by atoms with Gasteiger partial charge >= 0.3 is 0 Å². The molecule has 244 valence electrons. The maximum absolute atomic E-state index is 6.29. The van der Waals surface area contributed by atoms with Gasteiger partial charge in [0, 0.05) is 27.7 Å². The molecule has 0 saturated carbocycles. The molecule has 0 N–H and O–H groups in total. The van der Waals surface area contributed by atoms with E-state index in [4.69, 9.17) is 4.42 Å². The first-order valence-corrected chi connectivity index (χ1v) is 17.8. The van der Waals surface area contributed by atoms with Crippen molar-refractivity contribution in [3.05, 3.63) is 200 Å². The van der Waals surface area contributed by atoms with Gasteiger partial charge in [-0.15, -0.1) is 0 Å². The molecule has 1 heterocycles. The fourth-order valence-electron chi connectivity index (χ4n) is 7.67. The average molecular weight is 664 g/mol. The van der Waals surface area contributed by atoms with Crippen molar-refractivity contribution in [1.82, 2.24) is 0 Å². The highest BCUT2D eigenvalue weighted by atomic mass is 16.3. The Balaban J connectivity index is 1.24. The van der Waals surface area contributed by atoms with Gasteiger partial charge in [0.25, 0.3) is 0 Å². The second-order valence-electron chi connectivity index (χ2n) is 13.4. The quantitative estimate of drug-likeness (QED) is 0.165. The lowest BCUT2D eigenvalue weighted by molar-refractivity contribution is 0.669. The Labute approximate surface area is 302 Å². The van der Waals surface area contributed by atoms with E-state index in [0.29, 0.717) is 0 Å². The Morgan fingerprint density at radius 2 is 0.904 bits per heavy atom. The Bertz CT molecular complexity index is 2890. The predicted octanol–water partition coefficient (Wildman–Crippen LogP) is 14.4. The van der Waals surface area contributed by atoms with Crippen molar-refractivity contribution in [2.75, 3.05) is 4.90 Å². The Kier molecular flexibility index (Phi) is 7.18. The van der Waals surface area contributed by atoms with Crippen molar-refractivity contribution in [3.63, 3.8) is 0 Å². The minimum atomic E-state index is 0.912. The van der Waals surface area contributed by atoms with E-state index in [9.17, 15) is 0 Å². The Morgan fingerprint density at radius 3 is 1.67 bits per heavy atom. The molecule has 2 heteroatoms. The van der Waals surface area contributed by atoms with Crippen LogP contribution in [0.5, 0.6) is 0 Å². The maximum Gasteiger partial charge on any atom is 0.136 e. The monoisotopic (exact) mass is 663 g/mol. The average Bonchev–Trinajstić information content (AvgIpc) is 3.59. The molecule has 0 aliphatic heterocycles. The van der Waals surface area contributed by atoms with Crippen LogP contribution in [0.25, 0.3) is 76.9 Å². The number of rotatable bonds is 6. The molecule has 0 atom stereocenters. The third-order valence-corrected chi connectivity index (χ3v) is 10.2. The van der Waals surface area contributed by atoms with Crippen LogP contribution in [0.3, 0.4) is 0 Å². The van der Waals surface area contributed by atoms with E-state index in [1.165, 1.54) is 44.0 Å². The van der Waals surface area contributed by atoms with Gasteiger partial charge in [0.15, 0.2) is 0 Å². The molecule has 10 aromatic rings. The zero-order valence-corrected chi connectivity index (χ0v) is 28.4. The van der Waals surface area contributed by atoms with Gasteiger partial charge in [0.2, 0.25) is 0 Å². The second kappa shape index (κ2) is 12.5. The summed E-state index contributed by atoms with van der Waals surface area (Å²) in [7, 11) is 0. The summed E-state index contributed by atoms with van der Waals surface area (Å²) in [5.41, 5.74) is 12.2. The van der Waals surface area contributed by atoms with Crippen molar-refractivity contribution < 1.29 is 4.42 Å². The highest BCUT2D eigenvalue weighted by Crippen LogP contribution is 2.45. The first-order valence-electron chi connectivity index (χ1n) is 17.8. The molecule has 0 saturated heterocycles. The summed E-state index contributed by atoms with van der Waals surface area (Å²) in [6.45, 7) is 0. The molecular formula is C50H33NO. The SMILES string of the molecule is c1ccc(-c2cccc(N(c3ccc4ccc5cc6oc7ccccc7c6cc5c4c3)c3ccc(-c4ccccc4)cc3-c3ccccc3)c2)cc1. The zero-order valence-electron chi connectivity index (χ0n) is 28.4. The smallest absolute Gasteiger partial charge is 0.136 e. The van der Waals surface area contributed by atoms with Crippen LogP contribution in [-0.4, -0.2) is 0 Å². The van der Waals surface area contributed by atoms with E-state index in [0.717, 1.165) is 50.0 Å². The van der Waals surface area contributed by atoms with E-state index in [-0.39, 0.29) is 0 Å². The number of furan rings is 1. The van der Waals surface area contributed by atoms with E-state index < -0.39 is 0 Å². The molecule has 0 fully saturated rings. The minimum absolute atomic E-state index is 0.912. The number of benzene rings is 9. The first-order chi connectivity index (χ1) is 25.8. The molecule has 1 aromatic heterocycles. The van der Waals surface area contributed by atoms with Crippen LogP contribution < -0.4 is 4.90 Å². The molecule has 0 bridgehead atoms. The fraction of sp³-hybridized carbons (Fsp3) is 0. The summed E-state index contributed by atoms with van der Waals surface area (Å²) in [4.78, 5) is 2.42. The lowest BCUT2D eigenvalue weighted by Crippen LogP contribution is -2.11. The van der Waals surface area contributed by atoms with E-state index >= 15 is 0 Å². The normalized spacial score (nSPS) is 11.5. The number of anilines is 3. The highest BCUT2D eigenvalue weighted by molar-refractivity contribution is 6.17. The van der Waals surface area contributed by atoms with Crippen LogP contribution in [0.4, 0.5) is 17.1 Å². The molecule has 10 rings (SSSR count). The summed E-state index contributed by atoms with van der Waals surface area (Å²) in [5, 5.41) is 7.04. The topological polar surface area (TPSA) is 16.4 Å². The van der Waals surface area contributed by atoms with Crippen LogP contribution in [-0.2, 0) is 0 Å². The van der Waals surface area contributed by atoms with Crippen LogP contribution >= 0.6 is 0 Å². The van der Waals surface area contributed by atoms with Gasteiger partial charge in [-0.3, -0.25) is 0 Å². The molecule has 0 aliphatic carbocycles. The Hall–Kier alpha value is -6.90. The molecule has 0 radical (unpaired) electrons. The lowest BCUT2D eigenvalue weighted by Gasteiger charge is -2.29. The van der Waals surface area contributed by atoms with Crippen molar-refractivity contribution in [1.29, 1.82) is 0 Å². The lowest BCUT2D eigenvalue weighted by atomic mass is 9.95. The third-order valence-electron chi connectivity index (χ3n) is 10.2. The van der Waals surface area contributed by atoms with Gasteiger partial charge in [0.05, 0.1) is 5.69 Å². The van der Waals surface area contributed by atoms with Crippen LogP contribution in [0.1, 0.15) is 0 Å². The largest absolute Gasteiger partial charge is 0.456 e. The summed E-state index contributed by atoms with van der Waals surface area (Å²) >= 11 is 0. The number of hydrogen-bond acceptors (Lipinski definition) is 2. The first kappa shape index (κ1) is 30.0. The number of nitrogens with zero attached hydrogens (tertiary/aromatic N) is 1. The predicted molar refractivity (Wildman–Crippen MR) is 220 cm³/mol. The molecule has 0 aliphatic rings. The highest BCUT2D eigenvalue weighted by Gasteiger charge is 2.20. The fourth-order valence-corrected chi connectivity index (χ4v) is 7.67. The molecule has 2 nitrogen and oxygen atoms in total. The van der Waals surface area contributed by atoms with E-state index in [2.05, 4.69) is 193 Å². The van der Waals surface area contributed by atoms with Gasteiger partial charge in [-0.05, 0) is 104 Å². The van der Waals surface area contributed by atoms with E-state index in [1.807, 2.05) is 12.1 Å². The number of para-hydroxylation sites is 1. The van der Waals surface area contributed by atoms with Crippen molar-refractivity contribution in [2.24, 2.45) is 0 Å². The standard InChI is InChI=1S/C50H33NO/c1-4-13-34(14-5-1)38-19-12-20-41(29-38)51(48-28-26-39(35-15-6-2-7-16-35)30-46(48)36-17-8-3-9-18-36)42-27-25-37-23-24-40-31-50-47(33-45(40)44(37)32-42)43-21-10-11-22-49(43)52-50/h1-33H. The van der Waals surface area contributed by atoms with Gasteiger partial charge in [0.1, 0.15) is 11.2 Å². The van der Waals surface area contributed by atoms with E-state index in [1.54, 1.807) is 0 Å². The van der Waals surface area contributed by atoms with Gasteiger partial charge < -0.3 is 9.32 Å². The zero-order chi connectivity index (χ0) is 34.4. The molecule has 0 amide bonds. The van der Waals surface area contributed by atoms with Gasteiger partial charge in [-0.25, -0.2) is 0 Å². The molecular weight excluding hydrogens is 631 g/mol. The molecule has 0 unspecified atom stereocenters. The third kappa shape index (κ3) is 5.21. The molecule has 52 heavy (non-hydrogen) atoms. The molecule has 9 aromatic carbocycles. The Morgan fingerprint density at radius 1 is 0.308 bits per heavy atom. The van der Waals surface area contributed by atoms with Gasteiger partial charge in [-0.2, -0.15) is 0 Å². The summed E-state index contributed by atoms with van der Waals surface area (Å²) in [6, 6.07) is 71.9. The number of fused-ring (bicyclic) bond motifs is 6. The summed E-state index contributed by atoms with van der Waals surface area (Å²) in [5.74, 6) is 0. The van der Waals surface area contributed by atoms with Gasteiger partial charge in [-0.1, -0.05) is 146 Å². The van der Waals surface area contributed by atoms with Crippen molar-refractivity contribution >= 4 is 60.5 Å². The minimum Gasteiger partial charge on any atom is -0.456 e. The summed E-state index contributed by atoms with van der Waals surface area (Å²) < 4.78 is 6.29. The van der Waals surface area contributed by atoms with Crippen LogP contribution in [0.15, 0.2) is 205 Å².